The van der Waals surface area contributed by atoms with E-state index in [0.717, 1.165) is 11.1 Å². The van der Waals surface area contributed by atoms with Crippen LogP contribution in [0.15, 0.2) is 48.8 Å². The zero-order valence-corrected chi connectivity index (χ0v) is 14.3. The van der Waals surface area contributed by atoms with Gasteiger partial charge in [0.25, 0.3) is 0 Å². The maximum Gasteiger partial charge on any atom is 0.246 e. The van der Waals surface area contributed by atoms with Gasteiger partial charge in [0.05, 0.1) is 22.5 Å². The van der Waals surface area contributed by atoms with Crippen LogP contribution in [-0.2, 0) is 11.3 Å². The number of halogens is 2. The summed E-state index contributed by atoms with van der Waals surface area (Å²) < 4.78 is 0. The van der Waals surface area contributed by atoms with Crippen molar-refractivity contribution in [1.29, 1.82) is 5.26 Å². The van der Waals surface area contributed by atoms with Crippen molar-refractivity contribution in [1.82, 2.24) is 9.88 Å². The first-order valence-electron chi connectivity index (χ1n) is 7.28. The summed E-state index contributed by atoms with van der Waals surface area (Å²) in [4.78, 5) is 18.1. The molecule has 2 aromatic rings. The Morgan fingerprint density at radius 2 is 2.12 bits per heavy atom. The summed E-state index contributed by atoms with van der Waals surface area (Å²) in [6, 6.07) is 10.9. The van der Waals surface area contributed by atoms with E-state index in [1.807, 2.05) is 12.1 Å². The van der Waals surface area contributed by atoms with Crippen LogP contribution in [0, 0.1) is 11.3 Å². The minimum Gasteiger partial charge on any atom is -0.334 e. The number of rotatable bonds is 6. The van der Waals surface area contributed by atoms with Crippen LogP contribution in [0.2, 0.25) is 10.0 Å². The average Bonchev–Trinajstić information content (AvgIpc) is 2.60. The summed E-state index contributed by atoms with van der Waals surface area (Å²) in [6.45, 7) is 0.760. The summed E-state index contributed by atoms with van der Waals surface area (Å²) in [5.41, 5.74) is 1.69. The molecule has 0 unspecified atom stereocenters. The molecule has 0 saturated heterocycles. The molecule has 0 N–H and O–H groups in total. The van der Waals surface area contributed by atoms with E-state index in [0.29, 0.717) is 23.1 Å². The Labute approximate surface area is 150 Å². The third kappa shape index (κ3) is 5.38. The Bertz CT molecular complexity index is 770. The molecule has 0 saturated carbocycles. The van der Waals surface area contributed by atoms with Gasteiger partial charge in [-0.25, -0.2) is 0 Å². The number of hydrogen-bond donors (Lipinski definition) is 0. The lowest BCUT2D eigenvalue weighted by Crippen LogP contribution is -2.29. The van der Waals surface area contributed by atoms with Gasteiger partial charge in [-0.1, -0.05) is 35.3 Å². The Balaban J connectivity index is 2.10. The molecule has 0 aliphatic carbocycles. The van der Waals surface area contributed by atoms with Crippen LogP contribution >= 0.6 is 23.2 Å². The average molecular weight is 360 g/mol. The number of nitrogens with zero attached hydrogens (tertiary/aromatic N) is 3. The summed E-state index contributed by atoms with van der Waals surface area (Å²) in [5, 5.41) is 9.68. The van der Waals surface area contributed by atoms with Crippen LogP contribution in [0.25, 0.3) is 6.08 Å². The van der Waals surface area contributed by atoms with Crippen molar-refractivity contribution < 1.29 is 4.79 Å². The highest BCUT2D eigenvalue weighted by molar-refractivity contribution is 6.42. The van der Waals surface area contributed by atoms with Crippen molar-refractivity contribution in [2.75, 3.05) is 6.54 Å². The van der Waals surface area contributed by atoms with Gasteiger partial charge in [0, 0.05) is 31.6 Å². The predicted octanol–water partition coefficient (Wildman–Crippen LogP) is 4.34. The first-order chi connectivity index (χ1) is 11.6. The summed E-state index contributed by atoms with van der Waals surface area (Å²) in [5.74, 6) is -0.180. The van der Waals surface area contributed by atoms with Gasteiger partial charge in [-0.05, 0) is 35.4 Å². The van der Waals surface area contributed by atoms with E-state index in [1.54, 1.807) is 41.6 Å². The van der Waals surface area contributed by atoms with E-state index >= 15 is 0 Å². The minimum atomic E-state index is -0.180. The van der Waals surface area contributed by atoms with Crippen LogP contribution < -0.4 is 0 Å². The molecular weight excluding hydrogens is 345 g/mol. The van der Waals surface area contributed by atoms with Crippen molar-refractivity contribution in [3.05, 3.63) is 70.0 Å². The summed E-state index contributed by atoms with van der Waals surface area (Å²) >= 11 is 11.8. The SMILES string of the molecule is N#CCCN(Cc1cccnc1)C(=O)/C=C/c1ccc(Cl)c(Cl)c1. The molecular formula is C18H15Cl2N3O. The fourth-order valence-electron chi connectivity index (χ4n) is 2.05. The molecule has 0 bridgehead atoms. The minimum absolute atomic E-state index is 0.180. The molecule has 0 spiro atoms. The molecule has 1 amide bonds. The molecule has 24 heavy (non-hydrogen) atoms. The van der Waals surface area contributed by atoms with E-state index < -0.39 is 0 Å². The Hall–Kier alpha value is -2.35. The molecule has 0 aliphatic rings. The quantitative estimate of drug-likeness (QED) is 0.720. The second kappa shape index (κ2) is 9.07. The van der Waals surface area contributed by atoms with Crippen LogP contribution in [0.4, 0.5) is 0 Å². The molecule has 0 fully saturated rings. The molecule has 122 valence electrons. The lowest BCUT2D eigenvalue weighted by atomic mass is 10.2. The molecule has 4 nitrogen and oxygen atoms in total. The second-order valence-corrected chi connectivity index (χ2v) is 5.85. The Kier molecular flexibility index (Phi) is 6.80. The standard InChI is InChI=1S/C18H15Cl2N3O/c19-16-6-4-14(11-17(16)20)5-7-18(24)23(10-2-8-21)13-15-3-1-9-22-12-15/h1,3-7,9,11-12H,2,10,13H2/b7-5+. The van der Waals surface area contributed by atoms with Crippen molar-refractivity contribution in [3.63, 3.8) is 0 Å². The van der Waals surface area contributed by atoms with E-state index in [9.17, 15) is 4.79 Å². The molecule has 0 aliphatic heterocycles. The zero-order chi connectivity index (χ0) is 17.4. The third-order valence-electron chi connectivity index (χ3n) is 3.26. The lowest BCUT2D eigenvalue weighted by Gasteiger charge is -2.19. The first kappa shape index (κ1) is 18.0. The molecule has 1 heterocycles. The fourth-order valence-corrected chi connectivity index (χ4v) is 2.36. The van der Waals surface area contributed by atoms with Crippen molar-refractivity contribution >= 4 is 35.2 Å². The van der Waals surface area contributed by atoms with Crippen molar-refractivity contribution in [3.8, 4) is 6.07 Å². The van der Waals surface area contributed by atoms with Gasteiger partial charge in [0.1, 0.15) is 0 Å². The Morgan fingerprint density at radius 3 is 2.79 bits per heavy atom. The number of aromatic nitrogens is 1. The second-order valence-electron chi connectivity index (χ2n) is 5.04. The first-order valence-corrected chi connectivity index (χ1v) is 8.03. The van der Waals surface area contributed by atoms with Gasteiger partial charge in [-0.15, -0.1) is 0 Å². The number of amides is 1. The number of carbonyl (C=O) groups is 1. The largest absolute Gasteiger partial charge is 0.334 e. The number of carbonyl (C=O) groups excluding carboxylic acids is 1. The van der Waals surface area contributed by atoms with Crippen LogP contribution in [-0.4, -0.2) is 22.3 Å². The van der Waals surface area contributed by atoms with Gasteiger partial charge in [0.2, 0.25) is 5.91 Å². The molecule has 1 aromatic carbocycles. The van der Waals surface area contributed by atoms with E-state index in [2.05, 4.69) is 11.1 Å². The van der Waals surface area contributed by atoms with Crippen LogP contribution in [0.1, 0.15) is 17.5 Å². The van der Waals surface area contributed by atoms with E-state index in [4.69, 9.17) is 28.5 Å². The molecule has 0 atom stereocenters. The smallest absolute Gasteiger partial charge is 0.246 e. The number of pyridine rings is 1. The summed E-state index contributed by atoms with van der Waals surface area (Å²) in [7, 11) is 0. The Morgan fingerprint density at radius 1 is 1.29 bits per heavy atom. The third-order valence-corrected chi connectivity index (χ3v) is 4.00. The molecule has 0 radical (unpaired) electrons. The number of benzene rings is 1. The van der Waals surface area contributed by atoms with Gasteiger partial charge >= 0.3 is 0 Å². The maximum absolute atomic E-state index is 12.4. The fraction of sp³-hybridized carbons (Fsp3) is 0.167. The maximum atomic E-state index is 12.4. The normalized spacial score (nSPS) is 10.5. The topological polar surface area (TPSA) is 57.0 Å². The number of nitriles is 1. The highest BCUT2D eigenvalue weighted by atomic mass is 35.5. The molecule has 2 rings (SSSR count). The molecule has 6 heteroatoms. The van der Waals surface area contributed by atoms with Gasteiger partial charge < -0.3 is 4.90 Å². The number of hydrogen-bond acceptors (Lipinski definition) is 3. The lowest BCUT2D eigenvalue weighted by molar-refractivity contribution is -0.126. The van der Waals surface area contributed by atoms with Crippen molar-refractivity contribution in [2.45, 2.75) is 13.0 Å². The van der Waals surface area contributed by atoms with Gasteiger partial charge in [-0.2, -0.15) is 5.26 Å². The highest BCUT2D eigenvalue weighted by Gasteiger charge is 2.11. The van der Waals surface area contributed by atoms with Gasteiger partial charge in [0.15, 0.2) is 0 Å². The van der Waals surface area contributed by atoms with Gasteiger partial charge in [-0.3, -0.25) is 9.78 Å². The van der Waals surface area contributed by atoms with Crippen LogP contribution in [0.5, 0.6) is 0 Å². The van der Waals surface area contributed by atoms with Crippen LogP contribution in [0.3, 0.4) is 0 Å². The molecule has 1 aromatic heterocycles. The predicted molar refractivity (Wildman–Crippen MR) is 95.4 cm³/mol. The summed E-state index contributed by atoms with van der Waals surface area (Å²) in [6.07, 6.45) is 6.79. The van der Waals surface area contributed by atoms with E-state index in [-0.39, 0.29) is 12.3 Å². The highest BCUT2D eigenvalue weighted by Crippen LogP contribution is 2.23. The zero-order valence-electron chi connectivity index (χ0n) is 12.8. The van der Waals surface area contributed by atoms with Crippen molar-refractivity contribution in [2.24, 2.45) is 0 Å². The van der Waals surface area contributed by atoms with E-state index in [1.165, 1.54) is 6.08 Å². The monoisotopic (exact) mass is 359 g/mol.